The van der Waals surface area contributed by atoms with Crippen molar-refractivity contribution in [1.29, 1.82) is 0 Å². The molecule has 1 saturated heterocycles. The first kappa shape index (κ1) is 27.6. The van der Waals surface area contributed by atoms with Gasteiger partial charge in [0.1, 0.15) is 12.2 Å². The second-order valence-electron chi connectivity index (χ2n) is 10.8. The van der Waals surface area contributed by atoms with E-state index in [-0.39, 0.29) is 0 Å². The lowest BCUT2D eigenvalue weighted by atomic mass is 9.85. The molecule has 0 atom stereocenters. The summed E-state index contributed by atoms with van der Waals surface area (Å²) in [4.78, 5) is 13.2. The van der Waals surface area contributed by atoms with Gasteiger partial charge in [0.2, 0.25) is 0 Å². The van der Waals surface area contributed by atoms with Gasteiger partial charge in [-0.25, -0.2) is 9.97 Å². The second kappa shape index (κ2) is 12.5. The number of pyridine rings is 1. The van der Waals surface area contributed by atoms with Crippen molar-refractivity contribution in [1.82, 2.24) is 14.9 Å². The largest absolute Gasteiger partial charge is 0.485 e. The Balaban J connectivity index is 1.24. The number of nitrogens with zero attached hydrogens (tertiary/aromatic N) is 3. The average molecular weight is 547 g/mol. The fraction of sp³-hybridized carbons (Fsp3) is 0.484. The van der Waals surface area contributed by atoms with Crippen molar-refractivity contribution in [2.24, 2.45) is 0 Å². The minimum absolute atomic E-state index is 0.387. The van der Waals surface area contributed by atoms with Crippen LogP contribution in [-0.2, 0) is 11.3 Å². The maximum atomic E-state index is 9.89. The van der Waals surface area contributed by atoms with E-state index in [2.05, 4.69) is 27.0 Å². The van der Waals surface area contributed by atoms with Gasteiger partial charge in [0.25, 0.3) is 0 Å². The number of benzene rings is 1. The molecule has 3 aromatic rings. The van der Waals surface area contributed by atoms with E-state index in [0.29, 0.717) is 30.1 Å². The number of thiazole rings is 1. The summed E-state index contributed by atoms with van der Waals surface area (Å²) < 4.78 is 11.7. The molecule has 2 fully saturated rings. The summed E-state index contributed by atoms with van der Waals surface area (Å²) in [5.74, 6) is 7.82. The van der Waals surface area contributed by atoms with E-state index in [1.54, 1.807) is 25.2 Å². The van der Waals surface area contributed by atoms with E-state index in [1.807, 2.05) is 49.8 Å². The molecule has 2 N–H and O–H groups in total. The van der Waals surface area contributed by atoms with E-state index in [9.17, 15) is 5.11 Å². The third-order valence-corrected chi connectivity index (χ3v) is 8.55. The number of anilines is 1. The number of rotatable bonds is 7. The number of hydrogen-bond acceptors (Lipinski definition) is 8. The van der Waals surface area contributed by atoms with Crippen LogP contribution in [0.4, 0.5) is 5.82 Å². The first-order valence-corrected chi connectivity index (χ1v) is 14.6. The predicted octanol–water partition coefficient (Wildman–Crippen LogP) is 5.31. The zero-order valence-corrected chi connectivity index (χ0v) is 23.9. The molecule has 5 rings (SSSR count). The lowest BCUT2D eigenvalue weighted by molar-refractivity contribution is 0.00729. The Labute approximate surface area is 235 Å². The molecule has 0 unspecified atom stereocenters. The van der Waals surface area contributed by atoms with E-state index >= 15 is 0 Å². The van der Waals surface area contributed by atoms with Gasteiger partial charge in [0, 0.05) is 55.6 Å². The van der Waals surface area contributed by atoms with Gasteiger partial charge in [-0.3, -0.25) is 4.90 Å². The zero-order valence-electron chi connectivity index (χ0n) is 23.1. The molecule has 2 aliphatic rings. The number of hydrogen-bond donors (Lipinski definition) is 2. The molecule has 0 spiro atoms. The van der Waals surface area contributed by atoms with Gasteiger partial charge in [-0.1, -0.05) is 24.0 Å². The molecule has 1 aromatic carbocycles. The van der Waals surface area contributed by atoms with Crippen molar-refractivity contribution in [2.45, 2.75) is 63.7 Å². The van der Waals surface area contributed by atoms with Gasteiger partial charge < -0.3 is 19.9 Å². The number of aliphatic hydroxyl groups is 1. The molecular formula is C31H38N4O3S. The molecular weight excluding hydrogens is 508 g/mol. The van der Waals surface area contributed by atoms with Crippen molar-refractivity contribution >= 4 is 17.2 Å². The smallest absolute Gasteiger partial charge is 0.168 e. The monoisotopic (exact) mass is 546 g/mol. The summed E-state index contributed by atoms with van der Waals surface area (Å²) >= 11 is 1.78. The standard InChI is InChI=1S/C31H38N4O3S/c1-31(2,36)12-11-22-5-4-6-23(17-22)21-38-27-18-25(19-33-29(27)32-3)28-20-34-30(39-28)24-7-9-26(10-8-24)35-13-15-37-16-14-35/h4-6,17-20,24,26,36H,7-10,13-16,21H2,1-3H3,(H,32,33). The molecule has 1 saturated carbocycles. The van der Waals surface area contributed by atoms with Crippen LogP contribution in [0.2, 0.25) is 0 Å². The van der Waals surface area contributed by atoms with Crippen LogP contribution in [-0.4, -0.2) is 65.0 Å². The van der Waals surface area contributed by atoms with Gasteiger partial charge in [0.05, 0.1) is 23.1 Å². The molecule has 0 radical (unpaired) electrons. The minimum atomic E-state index is -1.03. The SMILES string of the molecule is CNc1ncc(-c2cnc(C3CCC(N4CCOCC4)CC3)s2)cc1OCc1cccc(C#CC(C)(C)O)c1. The fourth-order valence-electron chi connectivity index (χ4n) is 5.24. The number of nitrogens with one attached hydrogen (secondary N) is 1. The Morgan fingerprint density at radius 2 is 1.92 bits per heavy atom. The molecule has 39 heavy (non-hydrogen) atoms. The molecule has 2 aromatic heterocycles. The summed E-state index contributed by atoms with van der Waals surface area (Å²) in [7, 11) is 1.85. The number of morpholine rings is 1. The van der Waals surface area contributed by atoms with E-state index < -0.39 is 5.60 Å². The van der Waals surface area contributed by atoms with Crippen molar-refractivity contribution in [3.8, 4) is 28.0 Å². The third-order valence-electron chi connectivity index (χ3n) is 7.34. The third kappa shape index (κ3) is 7.37. The molecule has 1 aliphatic carbocycles. The summed E-state index contributed by atoms with van der Waals surface area (Å²) in [6.45, 7) is 7.61. The molecule has 3 heterocycles. The molecule has 7 nitrogen and oxygen atoms in total. The van der Waals surface area contributed by atoms with Crippen LogP contribution in [0.5, 0.6) is 5.75 Å². The van der Waals surface area contributed by atoms with Gasteiger partial charge in [-0.05, 0) is 63.3 Å². The van der Waals surface area contributed by atoms with E-state index in [0.717, 1.165) is 47.9 Å². The van der Waals surface area contributed by atoms with Crippen molar-refractivity contribution in [2.75, 3.05) is 38.7 Å². The predicted molar refractivity (Wildman–Crippen MR) is 156 cm³/mol. The minimum Gasteiger partial charge on any atom is -0.485 e. The Morgan fingerprint density at radius 3 is 2.67 bits per heavy atom. The quantitative estimate of drug-likeness (QED) is 0.389. The first-order chi connectivity index (χ1) is 18.9. The zero-order chi connectivity index (χ0) is 27.2. The van der Waals surface area contributed by atoms with Crippen LogP contribution in [0.1, 0.15) is 61.6 Å². The highest BCUT2D eigenvalue weighted by Crippen LogP contribution is 2.40. The Kier molecular flexibility index (Phi) is 8.83. The Hall–Kier alpha value is -2.96. The van der Waals surface area contributed by atoms with Crippen molar-refractivity contribution < 1.29 is 14.6 Å². The lowest BCUT2D eigenvalue weighted by Gasteiger charge is -2.38. The number of ether oxygens (including phenoxy) is 2. The molecule has 206 valence electrons. The summed E-state index contributed by atoms with van der Waals surface area (Å²) in [5, 5.41) is 14.3. The van der Waals surface area contributed by atoms with Gasteiger partial charge in [-0.15, -0.1) is 11.3 Å². The molecule has 0 bridgehead atoms. The fourth-order valence-corrected chi connectivity index (χ4v) is 6.31. The summed E-state index contributed by atoms with van der Waals surface area (Å²) in [6, 6.07) is 10.6. The maximum absolute atomic E-state index is 9.89. The van der Waals surface area contributed by atoms with Crippen molar-refractivity contribution in [3.05, 3.63) is 58.9 Å². The van der Waals surface area contributed by atoms with Crippen molar-refractivity contribution in [3.63, 3.8) is 0 Å². The second-order valence-corrected chi connectivity index (χ2v) is 11.9. The normalized spacial score (nSPS) is 20.2. The van der Waals surface area contributed by atoms with Crippen LogP contribution in [0.15, 0.2) is 42.7 Å². The van der Waals surface area contributed by atoms with Crippen LogP contribution >= 0.6 is 11.3 Å². The van der Waals surface area contributed by atoms with Gasteiger partial charge in [-0.2, -0.15) is 0 Å². The topological polar surface area (TPSA) is 79.7 Å². The van der Waals surface area contributed by atoms with Crippen LogP contribution in [0.25, 0.3) is 10.4 Å². The highest BCUT2D eigenvalue weighted by Gasteiger charge is 2.29. The Bertz CT molecular complexity index is 1310. The number of aromatic nitrogens is 2. The van der Waals surface area contributed by atoms with Crippen LogP contribution in [0.3, 0.4) is 0 Å². The summed E-state index contributed by atoms with van der Waals surface area (Å²) in [6.07, 6.45) is 8.73. The van der Waals surface area contributed by atoms with Gasteiger partial charge >= 0.3 is 0 Å². The first-order valence-electron chi connectivity index (χ1n) is 13.8. The highest BCUT2D eigenvalue weighted by molar-refractivity contribution is 7.15. The molecule has 8 heteroatoms. The maximum Gasteiger partial charge on any atom is 0.168 e. The summed E-state index contributed by atoms with van der Waals surface area (Å²) in [5.41, 5.74) is 1.83. The van der Waals surface area contributed by atoms with Crippen LogP contribution < -0.4 is 10.1 Å². The van der Waals surface area contributed by atoms with E-state index in [1.165, 1.54) is 30.7 Å². The Morgan fingerprint density at radius 1 is 1.13 bits per heavy atom. The lowest BCUT2D eigenvalue weighted by Crippen LogP contribution is -2.44. The molecule has 0 amide bonds. The van der Waals surface area contributed by atoms with E-state index in [4.69, 9.17) is 14.5 Å². The molecule has 1 aliphatic heterocycles. The van der Waals surface area contributed by atoms with Crippen LogP contribution in [0, 0.1) is 11.8 Å². The van der Waals surface area contributed by atoms with Gasteiger partial charge in [0.15, 0.2) is 11.6 Å². The average Bonchev–Trinajstić information content (AvgIpc) is 3.46. The highest BCUT2D eigenvalue weighted by atomic mass is 32.1.